The predicted octanol–water partition coefficient (Wildman–Crippen LogP) is 3.37. The van der Waals surface area contributed by atoms with Gasteiger partial charge in [0.25, 0.3) is 5.91 Å². The topological polar surface area (TPSA) is 52.7 Å². The maximum atomic E-state index is 13.0. The van der Waals surface area contributed by atoms with E-state index in [0.29, 0.717) is 18.5 Å². The fourth-order valence-corrected chi connectivity index (χ4v) is 3.46. The van der Waals surface area contributed by atoms with Gasteiger partial charge in [-0.15, -0.1) is 0 Å². The number of nitrogens with one attached hydrogen (secondary N) is 1. The summed E-state index contributed by atoms with van der Waals surface area (Å²) in [6, 6.07) is 15.2. The van der Waals surface area contributed by atoms with Crippen molar-refractivity contribution < 1.29 is 9.59 Å². The SMILES string of the molecule is Cc1ccc(CN2CCCCC(NC(=O)c3ccc(N(C)C)cc3)C2=O)cc1. The average Bonchev–Trinajstić information content (AvgIpc) is 2.86. The normalized spacial score (nSPS) is 17.2. The summed E-state index contributed by atoms with van der Waals surface area (Å²) in [5, 5.41) is 2.95. The molecule has 0 radical (unpaired) electrons. The first-order valence-electron chi connectivity index (χ1n) is 9.86. The minimum atomic E-state index is -0.464. The van der Waals surface area contributed by atoms with E-state index >= 15 is 0 Å². The van der Waals surface area contributed by atoms with Crippen LogP contribution in [0.15, 0.2) is 48.5 Å². The zero-order valence-electron chi connectivity index (χ0n) is 16.9. The van der Waals surface area contributed by atoms with Crippen molar-refractivity contribution >= 4 is 17.5 Å². The molecule has 0 bridgehead atoms. The van der Waals surface area contributed by atoms with E-state index in [1.165, 1.54) is 5.56 Å². The maximum absolute atomic E-state index is 13.0. The van der Waals surface area contributed by atoms with E-state index in [2.05, 4.69) is 36.5 Å². The van der Waals surface area contributed by atoms with Gasteiger partial charge in [-0.25, -0.2) is 0 Å². The van der Waals surface area contributed by atoms with E-state index in [1.54, 1.807) is 12.1 Å². The number of amides is 2. The first-order chi connectivity index (χ1) is 13.4. The van der Waals surface area contributed by atoms with Crippen molar-refractivity contribution in [3.05, 3.63) is 65.2 Å². The molecule has 1 heterocycles. The Hall–Kier alpha value is -2.82. The largest absolute Gasteiger partial charge is 0.378 e. The molecule has 1 aliphatic heterocycles. The minimum Gasteiger partial charge on any atom is -0.378 e. The van der Waals surface area contributed by atoms with Crippen molar-refractivity contribution in [1.82, 2.24) is 10.2 Å². The second-order valence-corrected chi connectivity index (χ2v) is 7.71. The molecule has 1 N–H and O–H groups in total. The third-order valence-electron chi connectivity index (χ3n) is 5.23. The third kappa shape index (κ3) is 4.91. The Bertz CT molecular complexity index is 813. The summed E-state index contributed by atoms with van der Waals surface area (Å²) >= 11 is 0. The minimum absolute atomic E-state index is 0.0105. The Morgan fingerprint density at radius 2 is 1.75 bits per heavy atom. The fraction of sp³-hybridized carbons (Fsp3) is 0.391. The third-order valence-corrected chi connectivity index (χ3v) is 5.23. The molecule has 28 heavy (non-hydrogen) atoms. The highest BCUT2D eigenvalue weighted by Crippen LogP contribution is 2.17. The highest BCUT2D eigenvalue weighted by Gasteiger charge is 2.28. The standard InChI is InChI=1S/C23H29N3O2/c1-17-7-9-18(10-8-17)16-26-15-5-4-6-21(23(26)28)24-22(27)19-11-13-20(14-12-19)25(2)3/h7-14,21H,4-6,15-16H2,1-3H3,(H,24,27). The van der Waals surface area contributed by atoms with Crippen molar-refractivity contribution in [2.45, 2.75) is 38.8 Å². The van der Waals surface area contributed by atoms with Gasteiger partial charge >= 0.3 is 0 Å². The van der Waals surface area contributed by atoms with Gasteiger partial charge in [0.2, 0.25) is 5.91 Å². The molecule has 0 aliphatic carbocycles. The molecule has 1 saturated heterocycles. The van der Waals surface area contributed by atoms with Crippen LogP contribution in [-0.4, -0.2) is 43.4 Å². The number of rotatable bonds is 5. The van der Waals surface area contributed by atoms with Gasteiger partial charge in [-0.1, -0.05) is 29.8 Å². The lowest BCUT2D eigenvalue weighted by Gasteiger charge is -2.25. The number of carbonyl (C=O) groups is 2. The van der Waals surface area contributed by atoms with E-state index in [4.69, 9.17) is 0 Å². The molecule has 1 atom stereocenters. The van der Waals surface area contributed by atoms with Crippen LogP contribution in [0.2, 0.25) is 0 Å². The number of carbonyl (C=O) groups excluding carboxylic acids is 2. The Balaban J connectivity index is 1.67. The number of benzene rings is 2. The molecule has 2 amide bonds. The molecular weight excluding hydrogens is 350 g/mol. The van der Waals surface area contributed by atoms with Gasteiger partial charge in [0, 0.05) is 38.4 Å². The molecule has 3 rings (SSSR count). The average molecular weight is 380 g/mol. The maximum Gasteiger partial charge on any atom is 0.251 e. The lowest BCUT2D eigenvalue weighted by Crippen LogP contribution is -2.47. The van der Waals surface area contributed by atoms with Crippen molar-refractivity contribution in [2.24, 2.45) is 0 Å². The van der Waals surface area contributed by atoms with Crippen LogP contribution in [0.4, 0.5) is 5.69 Å². The lowest BCUT2D eigenvalue weighted by molar-refractivity contribution is -0.133. The summed E-state index contributed by atoms with van der Waals surface area (Å²) in [6.07, 6.45) is 2.58. The molecule has 2 aromatic carbocycles. The molecular formula is C23H29N3O2. The zero-order valence-corrected chi connectivity index (χ0v) is 16.9. The summed E-state index contributed by atoms with van der Waals surface area (Å²) in [6.45, 7) is 3.37. The number of anilines is 1. The number of hydrogen-bond donors (Lipinski definition) is 1. The van der Waals surface area contributed by atoms with Crippen molar-refractivity contribution in [1.29, 1.82) is 0 Å². The summed E-state index contributed by atoms with van der Waals surface area (Å²) in [5.41, 5.74) is 3.93. The van der Waals surface area contributed by atoms with Crippen LogP contribution < -0.4 is 10.2 Å². The quantitative estimate of drug-likeness (QED) is 0.867. The van der Waals surface area contributed by atoms with Crippen LogP contribution in [0.3, 0.4) is 0 Å². The van der Waals surface area contributed by atoms with Crippen LogP contribution in [0.25, 0.3) is 0 Å². The molecule has 5 nitrogen and oxygen atoms in total. The van der Waals surface area contributed by atoms with Crippen molar-refractivity contribution in [2.75, 3.05) is 25.5 Å². The van der Waals surface area contributed by atoms with E-state index in [0.717, 1.165) is 30.6 Å². The second kappa shape index (κ2) is 8.91. The first-order valence-corrected chi connectivity index (χ1v) is 9.86. The smallest absolute Gasteiger partial charge is 0.251 e. The van der Waals surface area contributed by atoms with Gasteiger partial charge in [-0.3, -0.25) is 9.59 Å². The first kappa shape index (κ1) is 19.9. The van der Waals surface area contributed by atoms with E-state index in [9.17, 15) is 9.59 Å². The van der Waals surface area contributed by atoms with Crippen molar-refractivity contribution in [3.8, 4) is 0 Å². The molecule has 0 saturated carbocycles. The van der Waals surface area contributed by atoms with Crippen LogP contribution >= 0.6 is 0 Å². The Morgan fingerprint density at radius 3 is 2.39 bits per heavy atom. The van der Waals surface area contributed by atoms with E-state index in [1.807, 2.05) is 36.0 Å². The van der Waals surface area contributed by atoms with Gasteiger partial charge in [-0.05, 0) is 56.0 Å². The highest BCUT2D eigenvalue weighted by molar-refractivity contribution is 5.97. The predicted molar refractivity (Wildman–Crippen MR) is 112 cm³/mol. The van der Waals surface area contributed by atoms with Crippen LogP contribution in [0, 0.1) is 6.92 Å². The molecule has 148 valence electrons. The Labute approximate surface area is 167 Å². The molecule has 2 aromatic rings. The fourth-order valence-electron chi connectivity index (χ4n) is 3.46. The number of hydrogen-bond acceptors (Lipinski definition) is 3. The van der Waals surface area contributed by atoms with Crippen LogP contribution in [0.1, 0.15) is 40.7 Å². The molecule has 0 aromatic heterocycles. The number of aryl methyl sites for hydroxylation is 1. The highest BCUT2D eigenvalue weighted by atomic mass is 16.2. The summed E-state index contributed by atoms with van der Waals surface area (Å²) in [5.74, 6) is -0.183. The summed E-state index contributed by atoms with van der Waals surface area (Å²) in [4.78, 5) is 29.5. The Morgan fingerprint density at radius 1 is 1.07 bits per heavy atom. The summed E-state index contributed by atoms with van der Waals surface area (Å²) < 4.78 is 0. The molecule has 1 aliphatic rings. The molecule has 1 unspecified atom stereocenters. The number of likely N-dealkylation sites (tertiary alicyclic amines) is 1. The molecule has 5 heteroatoms. The van der Waals surface area contributed by atoms with Gasteiger partial charge in [-0.2, -0.15) is 0 Å². The lowest BCUT2D eigenvalue weighted by atomic mass is 10.1. The van der Waals surface area contributed by atoms with Crippen LogP contribution in [0.5, 0.6) is 0 Å². The van der Waals surface area contributed by atoms with Gasteiger partial charge in [0.1, 0.15) is 6.04 Å². The summed E-state index contributed by atoms with van der Waals surface area (Å²) in [7, 11) is 3.92. The van der Waals surface area contributed by atoms with Crippen LogP contribution in [-0.2, 0) is 11.3 Å². The van der Waals surface area contributed by atoms with E-state index in [-0.39, 0.29) is 11.8 Å². The van der Waals surface area contributed by atoms with Gasteiger partial charge in [0.15, 0.2) is 0 Å². The van der Waals surface area contributed by atoms with Gasteiger partial charge in [0.05, 0.1) is 0 Å². The zero-order chi connectivity index (χ0) is 20.1. The molecule has 1 fully saturated rings. The number of nitrogens with zero attached hydrogens (tertiary/aromatic N) is 2. The van der Waals surface area contributed by atoms with Gasteiger partial charge < -0.3 is 15.1 Å². The Kier molecular flexibility index (Phi) is 6.34. The monoisotopic (exact) mass is 379 g/mol. The van der Waals surface area contributed by atoms with Crippen molar-refractivity contribution in [3.63, 3.8) is 0 Å². The van der Waals surface area contributed by atoms with E-state index < -0.39 is 6.04 Å². The second-order valence-electron chi connectivity index (χ2n) is 7.71. The molecule has 0 spiro atoms.